The number of aromatic nitrogens is 8. The molecule has 0 saturated heterocycles. The summed E-state index contributed by atoms with van der Waals surface area (Å²) in [5, 5.41) is 0. The quantitative estimate of drug-likeness (QED) is 0.171. The molecule has 2 aromatic rings. The molecule has 0 saturated carbocycles. The second kappa shape index (κ2) is 9.87. The summed E-state index contributed by atoms with van der Waals surface area (Å²) in [4.78, 5) is 69.7. The largest absolute Gasteiger partial charge is 0.349 e. The topological polar surface area (TPSA) is 161 Å². The van der Waals surface area contributed by atoms with Crippen molar-refractivity contribution in [1.82, 2.24) is 39.0 Å². The number of aryl methyl sites for hydroxylation is 2. The van der Waals surface area contributed by atoms with Crippen LogP contribution >= 0.6 is 21.6 Å². The Hall–Kier alpha value is -4.30. The number of para-hydroxylation sites is 4. The molecule has 12 nitrogen and oxygen atoms in total. The molecule has 2 aromatic carbocycles. The van der Waals surface area contributed by atoms with Gasteiger partial charge in [0.15, 0.2) is 23.0 Å². The fourth-order valence-electron chi connectivity index (χ4n) is 4.32. The average Bonchev–Trinajstić information content (AvgIpc) is 2.90. The summed E-state index contributed by atoms with van der Waals surface area (Å²) in [6.45, 7) is 0.996. The second-order valence-electron chi connectivity index (χ2n) is 8.23. The molecule has 0 fully saturated rings. The predicted molar refractivity (Wildman–Crippen MR) is 147 cm³/mol. The number of H-pyrrole nitrogens is 2. The first kappa shape index (κ1) is 24.1. The normalized spacial score (nSPS) is 11.7. The highest BCUT2D eigenvalue weighted by Crippen LogP contribution is 2.27. The molecule has 0 unspecified atom stereocenters. The van der Waals surface area contributed by atoms with E-state index in [0.29, 0.717) is 35.6 Å². The Bertz CT molecular complexity index is 1850. The van der Waals surface area contributed by atoms with Crippen LogP contribution in [0, 0.1) is 0 Å². The van der Waals surface area contributed by atoms with Crippen LogP contribution in [-0.4, -0.2) is 50.5 Å². The zero-order chi connectivity index (χ0) is 26.2. The Morgan fingerprint density at radius 3 is 1.47 bits per heavy atom. The molecule has 38 heavy (non-hydrogen) atoms. The lowest BCUT2D eigenvalue weighted by atomic mass is 10.2. The Balaban J connectivity index is 1.21. The number of hydrogen-bond acceptors (Lipinski definition) is 10. The standard InChI is InChI=1S/C24H18N8O4S2/c33-21-17-19(27-23(35)29-21)31(15-7-3-1-5-13(15)25-17)9-11-37-38-12-10-32-16-8-4-2-6-14(16)26-18-20(32)28-24(36)30-22(18)34/h1-8H,9-12H2,(H,29,33,35)(H,30,34,36). The minimum absolute atomic E-state index is 0.119. The summed E-state index contributed by atoms with van der Waals surface area (Å²) in [5.74, 6) is 1.81. The Morgan fingerprint density at radius 1 is 0.605 bits per heavy atom. The SMILES string of the molecule is O=c1nc2n(CCSSCCn3c4nc(=O)[nH]c(=O)c-4nc4ccccc43)c3ccccc3nc-2c(=O)[nH]1. The third kappa shape index (κ3) is 4.37. The zero-order valence-electron chi connectivity index (χ0n) is 19.6. The fourth-order valence-corrected chi connectivity index (χ4v) is 6.22. The van der Waals surface area contributed by atoms with Crippen molar-refractivity contribution in [2.75, 3.05) is 11.5 Å². The maximum Gasteiger partial charge on any atom is 0.349 e. The number of nitrogens with zero attached hydrogens (tertiary/aromatic N) is 6. The van der Waals surface area contributed by atoms with Crippen LogP contribution < -0.4 is 22.5 Å². The molecule has 4 aliphatic heterocycles. The first-order valence-corrected chi connectivity index (χ1v) is 14.0. The minimum atomic E-state index is -0.710. The lowest BCUT2D eigenvalue weighted by Gasteiger charge is -2.17. The highest BCUT2D eigenvalue weighted by molar-refractivity contribution is 8.76. The molecule has 6 rings (SSSR count). The van der Waals surface area contributed by atoms with Crippen molar-refractivity contribution >= 4 is 43.7 Å². The van der Waals surface area contributed by atoms with Crippen molar-refractivity contribution in [3.05, 3.63) is 90.2 Å². The van der Waals surface area contributed by atoms with E-state index in [1.165, 1.54) is 0 Å². The van der Waals surface area contributed by atoms with E-state index in [1.54, 1.807) is 21.6 Å². The maximum atomic E-state index is 12.3. The van der Waals surface area contributed by atoms with Gasteiger partial charge in [0.1, 0.15) is 0 Å². The number of fused-ring (bicyclic) bond motifs is 4. The number of benzene rings is 2. The van der Waals surface area contributed by atoms with Gasteiger partial charge in [-0.15, -0.1) is 0 Å². The molecule has 4 aliphatic rings. The first-order chi connectivity index (χ1) is 18.5. The van der Waals surface area contributed by atoms with Crippen LogP contribution in [0.15, 0.2) is 67.7 Å². The van der Waals surface area contributed by atoms with Crippen LogP contribution in [-0.2, 0) is 13.1 Å². The molecule has 4 heterocycles. The van der Waals surface area contributed by atoms with E-state index in [0.717, 1.165) is 11.0 Å². The van der Waals surface area contributed by atoms with Crippen molar-refractivity contribution in [2.24, 2.45) is 0 Å². The van der Waals surface area contributed by atoms with Gasteiger partial charge in [-0.3, -0.25) is 19.6 Å². The van der Waals surface area contributed by atoms with Crippen molar-refractivity contribution in [3.8, 4) is 23.0 Å². The number of nitrogens with one attached hydrogen (secondary N) is 2. The van der Waals surface area contributed by atoms with Crippen LogP contribution in [0.3, 0.4) is 0 Å². The number of hydrogen-bond donors (Lipinski definition) is 2. The van der Waals surface area contributed by atoms with Crippen LogP contribution in [0.2, 0.25) is 0 Å². The van der Waals surface area contributed by atoms with Gasteiger partial charge >= 0.3 is 11.4 Å². The van der Waals surface area contributed by atoms with Crippen molar-refractivity contribution < 1.29 is 0 Å². The van der Waals surface area contributed by atoms with E-state index in [-0.39, 0.29) is 23.0 Å². The number of rotatable bonds is 7. The van der Waals surface area contributed by atoms with Gasteiger partial charge in [-0.25, -0.2) is 19.6 Å². The molecular weight excluding hydrogens is 528 g/mol. The third-order valence-electron chi connectivity index (χ3n) is 5.91. The molecular formula is C24H18N8O4S2. The zero-order valence-corrected chi connectivity index (χ0v) is 21.2. The van der Waals surface area contributed by atoms with Gasteiger partial charge in [-0.1, -0.05) is 45.9 Å². The third-order valence-corrected chi connectivity index (χ3v) is 8.28. The van der Waals surface area contributed by atoms with Crippen LogP contribution in [0.4, 0.5) is 0 Å². The average molecular weight is 547 g/mol. The molecule has 2 N–H and O–H groups in total. The first-order valence-electron chi connectivity index (χ1n) is 11.5. The van der Waals surface area contributed by atoms with E-state index in [1.807, 2.05) is 57.7 Å². The Morgan fingerprint density at radius 2 is 1.03 bits per heavy atom. The van der Waals surface area contributed by atoms with E-state index in [4.69, 9.17) is 0 Å². The van der Waals surface area contributed by atoms with Crippen molar-refractivity contribution in [2.45, 2.75) is 13.1 Å². The second-order valence-corrected chi connectivity index (χ2v) is 10.9. The van der Waals surface area contributed by atoms with Crippen molar-refractivity contribution in [3.63, 3.8) is 0 Å². The molecule has 0 aromatic heterocycles. The summed E-state index contributed by atoms with van der Waals surface area (Å²) in [6, 6.07) is 14.8. The highest BCUT2D eigenvalue weighted by atomic mass is 33.1. The van der Waals surface area contributed by atoms with Crippen molar-refractivity contribution in [1.29, 1.82) is 0 Å². The van der Waals surface area contributed by atoms with E-state index in [2.05, 4.69) is 29.9 Å². The Kier molecular flexibility index (Phi) is 6.25. The van der Waals surface area contributed by atoms with Gasteiger partial charge in [0.05, 0.1) is 22.1 Å². The van der Waals surface area contributed by atoms with E-state index < -0.39 is 22.5 Å². The molecule has 0 spiro atoms. The van der Waals surface area contributed by atoms with Gasteiger partial charge in [0.2, 0.25) is 0 Å². The lowest BCUT2D eigenvalue weighted by molar-refractivity contribution is 0.767. The summed E-state index contributed by atoms with van der Waals surface area (Å²) < 4.78 is 3.68. The maximum absolute atomic E-state index is 12.3. The molecule has 14 heteroatoms. The van der Waals surface area contributed by atoms with Crippen LogP contribution in [0.1, 0.15) is 0 Å². The van der Waals surface area contributed by atoms with Gasteiger partial charge in [0, 0.05) is 24.6 Å². The van der Waals surface area contributed by atoms with Crippen LogP contribution in [0.25, 0.3) is 45.1 Å². The monoisotopic (exact) mass is 546 g/mol. The number of aromatic amines is 2. The molecule has 0 radical (unpaired) electrons. The minimum Gasteiger partial charge on any atom is -0.321 e. The van der Waals surface area contributed by atoms with E-state index in [9.17, 15) is 19.2 Å². The fraction of sp³-hybridized carbons (Fsp3) is 0.167. The molecule has 190 valence electrons. The molecule has 0 bridgehead atoms. The van der Waals surface area contributed by atoms with Gasteiger partial charge < -0.3 is 9.13 Å². The van der Waals surface area contributed by atoms with Gasteiger partial charge in [-0.05, 0) is 24.3 Å². The lowest BCUT2D eigenvalue weighted by Crippen LogP contribution is -2.29. The molecule has 0 amide bonds. The predicted octanol–water partition coefficient (Wildman–Crippen LogP) is 1.56. The summed E-state index contributed by atoms with van der Waals surface area (Å²) in [7, 11) is 3.23. The van der Waals surface area contributed by atoms with E-state index >= 15 is 0 Å². The highest BCUT2D eigenvalue weighted by Gasteiger charge is 2.19. The smallest absolute Gasteiger partial charge is 0.321 e. The summed E-state index contributed by atoms with van der Waals surface area (Å²) in [6.07, 6.45) is 0. The van der Waals surface area contributed by atoms with Gasteiger partial charge in [-0.2, -0.15) is 9.97 Å². The van der Waals surface area contributed by atoms with Crippen LogP contribution in [0.5, 0.6) is 0 Å². The Labute approximate surface area is 220 Å². The molecule has 0 aliphatic carbocycles. The summed E-state index contributed by atoms with van der Waals surface area (Å²) in [5.41, 5.74) is 0.511. The summed E-state index contributed by atoms with van der Waals surface area (Å²) >= 11 is 0. The van der Waals surface area contributed by atoms with Gasteiger partial charge in [0.25, 0.3) is 11.1 Å². The molecule has 0 atom stereocenters.